The molecule has 0 saturated heterocycles. The van der Waals surface area contributed by atoms with Crippen molar-refractivity contribution in [2.75, 3.05) is 7.05 Å². The molecule has 1 aromatic heterocycles. The van der Waals surface area contributed by atoms with E-state index in [-0.39, 0.29) is 0 Å². The first-order chi connectivity index (χ1) is 9.88. The number of aromatic nitrogens is 2. The predicted molar refractivity (Wildman–Crippen MR) is 82.9 cm³/mol. The maximum absolute atomic E-state index is 4.43. The third-order valence-electron chi connectivity index (χ3n) is 3.05. The van der Waals surface area contributed by atoms with Crippen LogP contribution in [0.3, 0.4) is 0 Å². The maximum atomic E-state index is 4.43. The fourth-order valence-corrected chi connectivity index (χ4v) is 3.11. The van der Waals surface area contributed by atoms with Crippen LogP contribution in [0.5, 0.6) is 0 Å². The number of benzene rings is 2. The number of fused-ring (bicyclic) bond motifs is 1. The fraction of sp³-hybridized carbons (Fsp3) is 0.125. The summed E-state index contributed by atoms with van der Waals surface area (Å²) in [4.78, 5) is 9.97. The molecule has 2 aromatic carbocycles. The molecule has 1 N–H and O–H groups in total. The van der Waals surface area contributed by atoms with Gasteiger partial charge in [0.2, 0.25) is 0 Å². The standard InChI is InChI=1S/C16H15N3S/c1-17-10-12-6-2-5-9-15(12)20-16-13-7-3-4-8-14(13)18-11-19-16/h2-9,11,17H,10H2,1H3. The van der Waals surface area contributed by atoms with E-state index in [2.05, 4.69) is 45.6 Å². The predicted octanol–water partition coefficient (Wildman–Crippen LogP) is 3.50. The van der Waals surface area contributed by atoms with Gasteiger partial charge in [-0.15, -0.1) is 0 Å². The quantitative estimate of drug-likeness (QED) is 0.743. The second-order valence-corrected chi connectivity index (χ2v) is 5.47. The summed E-state index contributed by atoms with van der Waals surface area (Å²) >= 11 is 1.69. The molecule has 4 heteroatoms. The molecule has 0 fully saturated rings. The average molecular weight is 281 g/mol. The Morgan fingerprint density at radius 3 is 2.70 bits per heavy atom. The molecule has 1 heterocycles. The third kappa shape index (κ3) is 2.66. The van der Waals surface area contributed by atoms with Crippen LogP contribution in [-0.4, -0.2) is 17.0 Å². The summed E-state index contributed by atoms with van der Waals surface area (Å²) < 4.78 is 0. The number of nitrogens with zero attached hydrogens (tertiary/aromatic N) is 2. The molecular formula is C16H15N3S. The largest absolute Gasteiger partial charge is 0.316 e. The smallest absolute Gasteiger partial charge is 0.117 e. The summed E-state index contributed by atoms with van der Waals surface area (Å²) in [6, 6.07) is 16.5. The molecule has 0 radical (unpaired) electrons. The third-order valence-corrected chi connectivity index (χ3v) is 4.19. The van der Waals surface area contributed by atoms with Gasteiger partial charge < -0.3 is 5.32 Å². The van der Waals surface area contributed by atoms with Gasteiger partial charge in [0.1, 0.15) is 11.4 Å². The van der Waals surface area contributed by atoms with E-state index in [1.165, 1.54) is 10.5 Å². The van der Waals surface area contributed by atoms with E-state index >= 15 is 0 Å². The highest BCUT2D eigenvalue weighted by Gasteiger charge is 2.08. The van der Waals surface area contributed by atoms with Crippen LogP contribution in [0.4, 0.5) is 0 Å². The summed E-state index contributed by atoms with van der Waals surface area (Å²) in [5.41, 5.74) is 2.26. The molecule has 3 nitrogen and oxygen atoms in total. The zero-order chi connectivity index (χ0) is 13.8. The molecule has 3 rings (SSSR count). The Balaban J connectivity index is 2.01. The van der Waals surface area contributed by atoms with Gasteiger partial charge in [0.25, 0.3) is 0 Å². The lowest BCUT2D eigenvalue weighted by molar-refractivity contribution is 0.803. The molecule has 100 valence electrons. The van der Waals surface area contributed by atoms with E-state index in [0.717, 1.165) is 22.5 Å². The number of para-hydroxylation sites is 1. The summed E-state index contributed by atoms with van der Waals surface area (Å²) in [5.74, 6) is 0. The van der Waals surface area contributed by atoms with Crippen LogP contribution in [0.15, 0.2) is 64.8 Å². The van der Waals surface area contributed by atoms with Gasteiger partial charge in [-0.05, 0) is 24.7 Å². The molecule has 20 heavy (non-hydrogen) atoms. The van der Waals surface area contributed by atoms with Crippen molar-refractivity contribution in [3.05, 3.63) is 60.4 Å². The Bertz CT molecular complexity index is 722. The van der Waals surface area contributed by atoms with E-state index in [1.807, 2.05) is 25.2 Å². The number of nitrogens with one attached hydrogen (secondary N) is 1. The molecule has 0 amide bonds. The van der Waals surface area contributed by atoms with Gasteiger partial charge in [-0.25, -0.2) is 9.97 Å². The van der Waals surface area contributed by atoms with Gasteiger partial charge in [-0.1, -0.05) is 48.2 Å². The van der Waals surface area contributed by atoms with E-state index in [9.17, 15) is 0 Å². The van der Waals surface area contributed by atoms with Gasteiger partial charge in [-0.2, -0.15) is 0 Å². The van der Waals surface area contributed by atoms with Crippen molar-refractivity contribution >= 4 is 22.7 Å². The first-order valence-corrected chi connectivity index (χ1v) is 7.30. The van der Waals surface area contributed by atoms with Crippen molar-refractivity contribution in [1.82, 2.24) is 15.3 Å². The highest BCUT2D eigenvalue weighted by Crippen LogP contribution is 2.32. The van der Waals surface area contributed by atoms with Crippen molar-refractivity contribution in [3.8, 4) is 0 Å². The first-order valence-electron chi connectivity index (χ1n) is 6.48. The summed E-state index contributed by atoms with van der Waals surface area (Å²) in [6.07, 6.45) is 1.63. The lowest BCUT2D eigenvalue weighted by atomic mass is 10.2. The molecule has 0 aliphatic heterocycles. The van der Waals surface area contributed by atoms with Crippen LogP contribution in [0, 0.1) is 0 Å². The molecule has 0 unspecified atom stereocenters. The van der Waals surface area contributed by atoms with Crippen LogP contribution < -0.4 is 5.32 Å². The van der Waals surface area contributed by atoms with Crippen LogP contribution in [-0.2, 0) is 6.54 Å². The maximum Gasteiger partial charge on any atom is 0.117 e. The van der Waals surface area contributed by atoms with Crippen LogP contribution in [0.2, 0.25) is 0 Å². The van der Waals surface area contributed by atoms with Crippen molar-refractivity contribution in [2.24, 2.45) is 0 Å². The van der Waals surface area contributed by atoms with Gasteiger partial charge in [0.15, 0.2) is 0 Å². The molecule has 0 aliphatic rings. The molecule has 3 aromatic rings. The van der Waals surface area contributed by atoms with Crippen molar-refractivity contribution < 1.29 is 0 Å². The molecular weight excluding hydrogens is 266 g/mol. The van der Waals surface area contributed by atoms with Gasteiger partial charge in [-0.3, -0.25) is 0 Å². The number of rotatable bonds is 4. The minimum absolute atomic E-state index is 0.853. The SMILES string of the molecule is CNCc1ccccc1Sc1ncnc2ccccc12. The monoisotopic (exact) mass is 281 g/mol. The Morgan fingerprint density at radius 2 is 1.80 bits per heavy atom. The molecule has 0 bridgehead atoms. The van der Waals surface area contributed by atoms with Crippen molar-refractivity contribution in [3.63, 3.8) is 0 Å². The summed E-state index contributed by atoms with van der Waals surface area (Å²) in [5, 5.41) is 5.30. The lowest BCUT2D eigenvalue weighted by Crippen LogP contribution is -2.05. The second-order valence-electron chi connectivity index (χ2n) is 4.44. The van der Waals surface area contributed by atoms with Crippen LogP contribution >= 0.6 is 11.8 Å². The Labute approximate surface area is 122 Å². The number of hydrogen-bond acceptors (Lipinski definition) is 4. The Hall–Kier alpha value is -1.91. The van der Waals surface area contributed by atoms with Crippen molar-refractivity contribution in [1.29, 1.82) is 0 Å². The van der Waals surface area contributed by atoms with E-state index in [1.54, 1.807) is 18.1 Å². The zero-order valence-corrected chi connectivity index (χ0v) is 12.0. The van der Waals surface area contributed by atoms with Crippen LogP contribution in [0.25, 0.3) is 10.9 Å². The van der Waals surface area contributed by atoms with Crippen molar-refractivity contribution in [2.45, 2.75) is 16.5 Å². The summed E-state index contributed by atoms with van der Waals surface area (Å²) in [6.45, 7) is 0.853. The van der Waals surface area contributed by atoms with E-state index in [4.69, 9.17) is 0 Å². The normalized spacial score (nSPS) is 10.8. The molecule has 0 spiro atoms. The zero-order valence-electron chi connectivity index (χ0n) is 11.2. The minimum atomic E-state index is 0.853. The topological polar surface area (TPSA) is 37.8 Å². The average Bonchev–Trinajstić information content (AvgIpc) is 2.50. The number of hydrogen-bond donors (Lipinski definition) is 1. The molecule has 0 atom stereocenters. The van der Waals surface area contributed by atoms with Crippen LogP contribution in [0.1, 0.15) is 5.56 Å². The first kappa shape index (κ1) is 13.1. The fourth-order valence-electron chi connectivity index (χ4n) is 2.11. The van der Waals surface area contributed by atoms with Gasteiger partial charge in [0.05, 0.1) is 5.52 Å². The Kier molecular flexibility index (Phi) is 3.95. The lowest BCUT2D eigenvalue weighted by Gasteiger charge is -2.09. The highest BCUT2D eigenvalue weighted by molar-refractivity contribution is 7.99. The minimum Gasteiger partial charge on any atom is -0.316 e. The summed E-state index contributed by atoms with van der Waals surface area (Å²) in [7, 11) is 1.96. The molecule has 0 aliphatic carbocycles. The van der Waals surface area contributed by atoms with Gasteiger partial charge >= 0.3 is 0 Å². The highest BCUT2D eigenvalue weighted by atomic mass is 32.2. The Morgan fingerprint density at radius 1 is 1.00 bits per heavy atom. The second kappa shape index (κ2) is 6.03. The van der Waals surface area contributed by atoms with Gasteiger partial charge in [0, 0.05) is 16.8 Å². The van der Waals surface area contributed by atoms with E-state index < -0.39 is 0 Å². The van der Waals surface area contributed by atoms with E-state index in [0.29, 0.717) is 0 Å². The molecule has 0 saturated carbocycles.